The van der Waals surface area contributed by atoms with Crippen molar-refractivity contribution in [3.8, 4) is 0 Å². The van der Waals surface area contributed by atoms with Gasteiger partial charge >= 0.3 is 0 Å². The van der Waals surface area contributed by atoms with E-state index < -0.39 is 5.54 Å². The molecule has 0 spiro atoms. The Balaban J connectivity index is 1.99. The molecule has 1 atom stereocenters. The molecule has 128 valence electrons. The van der Waals surface area contributed by atoms with Crippen molar-refractivity contribution in [2.24, 2.45) is 0 Å². The average molecular weight is 395 g/mol. The van der Waals surface area contributed by atoms with Gasteiger partial charge in [0.2, 0.25) is 0 Å². The van der Waals surface area contributed by atoms with Crippen molar-refractivity contribution in [3.63, 3.8) is 0 Å². The summed E-state index contributed by atoms with van der Waals surface area (Å²) >= 11 is 10.5. The van der Waals surface area contributed by atoms with E-state index >= 15 is 0 Å². The molecule has 0 bridgehead atoms. The van der Waals surface area contributed by atoms with Crippen LogP contribution in [0.25, 0.3) is 0 Å². The first-order valence-corrected chi connectivity index (χ1v) is 10.6. The van der Waals surface area contributed by atoms with Crippen LogP contribution in [0.15, 0.2) is 82.9 Å². The van der Waals surface area contributed by atoms with Gasteiger partial charge in [-0.05, 0) is 28.6 Å². The molecule has 0 fully saturated rings. The van der Waals surface area contributed by atoms with Crippen LogP contribution in [-0.2, 0) is 11.3 Å². The normalized spacial score (nSPS) is 18.8. The third-order valence-electron chi connectivity index (χ3n) is 4.94. The Kier molecular flexibility index (Phi) is 3.92. The molecule has 0 amide bonds. The second-order valence-corrected chi connectivity index (χ2v) is 8.80. The molecule has 4 aromatic rings. The van der Waals surface area contributed by atoms with Gasteiger partial charge in [0.1, 0.15) is 5.54 Å². The van der Waals surface area contributed by atoms with Crippen LogP contribution in [0.5, 0.6) is 0 Å². The van der Waals surface area contributed by atoms with Gasteiger partial charge in [-0.1, -0.05) is 54.1 Å². The van der Waals surface area contributed by atoms with E-state index in [1.54, 1.807) is 11.3 Å². The number of hydrogen-bond donors (Lipinski definition) is 0. The minimum absolute atomic E-state index is 0.524. The van der Waals surface area contributed by atoms with Crippen molar-refractivity contribution < 1.29 is 0 Å². The summed E-state index contributed by atoms with van der Waals surface area (Å²) in [7, 11) is 0. The number of imidazole rings is 1. The predicted molar refractivity (Wildman–Crippen MR) is 109 cm³/mol. The highest BCUT2D eigenvalue weighted by atomic mass is 35.5. The lowest BCUT2D eigenvalue weighted by Crippen LogP contribution is -2.37. The van der Waals surface area contributed by atoms with Crippen LogP contribution in [-0.4, -0.2) is 9.55 Å². The average Bonchev–Trinajstić information content (AvgIpc) is 3.34. The summed E-state index contributed by atoms with van der Waals surface area (Å²) in [4.78, 5) is 4.37. The standard InChI is InChI=1S/C21H15ClN2S2/c22-19-8-4-3-7-17(19)21(24-11-10-23-14-24)16-6-2-1-5-15(16)13-26-20-18(21)9-12-25-20/h1-12,14H,13H2/t21-/m1/s1. The Bertz CT molecular complexity index is 1070. The van der Waals surface area contributed by atoms with Crippen molar-refractivity contribution in [1.82, 2.24) is 9.55 Å². The molecule has 0 saturated heterocycles. The van der Waals surface area contributed by atoms with E-state index in [4.69, 9.17) is 11.6 Å². The number of rotatable bonds is 2. The van der Waals surface area contributed by atoms with Crippen molar-refractivity contribution in [1.29, 1.82) is 0 Å². The maximum atomic E-state index is 6.78. The maximum absolute atomic E-state index is 6.78. The number of aromatic nitrogens is 2. The first-order valence-electron chi connectivity index (χ1n) is 8.34. The summed E-state index contributed by atoms with van der Waals surface area (Å²) in [5, 5.41) is 2.94. The zero-order valence-corrected chi connectivity index (χ0v) is 16.2. The fourth-order valence-corrected chi connectivity index (χ4v) is 6.35. The van der Waals surface area contributed by atoms with Gasteiger partial charge in [0.25, 0.3) is 0 Å². The number of thioether (sulfide) groups is 1. The van der Waals surface area contributed by atoms with Gasteiger partial charge in [-0.3, -0.25) is 0 Å². The van der Waals surface area contributed by atoms with E-state index in [0.717, 1.165) is 16.3 Å². The first kappa shape index (κ1) is 16.2. The first-order chi connectivity index (χ1) is 12.8. The highest BCUT2D eigenvalue weighted by molar-refractivity contribution is 8.00. The molecule has 3 heterocycles. The molecular formula is C21H15ClN2S2. The quantitative estimate of drug-likeness (QED) is 0.412. The Labute approximate surface area is 165 Å². The summed E-state index contributed by atoms with van der Waals surface area (Å²) in [6.07, 6.45) is 5.78. The third kappa shape index (κ3) is 2.22. The Morgan fingerprint density at radius 2 is 1.77 bits per heavy atom. The maximum Gasteiger partial charge on any atom is 0.125 e. The summed E-state index contributed by atoms with van der Waals surface area (Å²) in [5.74, 6) is 0.949. The summed E-state index contributed by atoms with van der Waals surface area (Å²) < 4.78 is 3.53. The minimum Gasteiger partial charge on any atom is -0.319 e. The Morgan fingerprint density at radius 1 is 0.962 bits per heavy atom. The van der Waals surface area contributed by atoms with Crippen LogP contribution >= 0.6 is 34.7 Å². The zero-order valence-electron chi connectivity index (χ0n) is 13.8. The molecule has 1 aliphatic heterocycles. The van der Waals surface area contributed by atoms with E-state index in [1.165, 1.54) is 20.9 Å². The summed E-state index contributed by atoms with van der Waals surface area (Å²) in [6, 6.07) is 19.1. The van der Waals surface area contributed by atoms with Gasteiger partial charge in [0.15, 0.2) is 0 Å². The molecule has 0 aliphatic carbocycles. The van der Waals surface area contributed by atoms with Crippen LogP contribution in [0.2, 0.25) is 5.02 Å². The van der Waals surface area contributed by atoms with Crippen molar-refractivity contribution in [2.45, 2.75) is 15.5 Å². The van der Waals surface area contributed by atoms with Gasteiger partial charge in [0.05, 0.1) is 10.5 Å². The summed E-state index contributed by atoms with van der Waals surface area (Å²) in [5.41, 5.74) is 4.41. The van der Waals surface area contributed by atoms with Gasteiger partial charge in [-0.2, -0.15) is 0 Å². The lowest BCUT2D eigenvalue weighted by Gasteiger charge is -2.37. The van der Waals surface area contributed by atoms with E-state index in [-0.39, 0.29) is 0 Å². The number of halogens is 1. The lowest BCUT2D eigenvalue weighted by atomic mass is 9.76. The highest BCUT2D eigenvalue weighted by Crippen LogP contribution is 2.52. The smallest absolute Gasteiger partial charge is 0.125 e. The van der Waals surface area contributed by atoms with Gasteiger partial charge < -0.3 is 4.57 Å². The van der Waals surface area contributed by atoms with Crippen LogP contribution < -0.4 is 0 Å². The van der Waals surface area contributed by atoms with Crippen molar-refractivity contribution in [2.75, 3.05) is 0 Å². The second-order valence-electron chi connectivity index (χ2n) is 6.23. The van der Waals surface area contributed by atoms with Gasteiger partial charge in [-0.15, -0.1) is 23.1 Å². The molecule has 0 saturated carbocycles. The zero-order chi connectivity index (χ0) is 17.6. The summed E-state index contributed by atoms with van der Waals surface area (Å²) in [6.45, 7) is 0. The Morgan fingerprint density at radius 3 is 2.58 bits per heavy atom. The van der Waals surface area contributed by atoms with Crippen LogP contribution in [0, 0.1) is 0 Å². The SMILES string of the molecule is Clc1ccccc1[C@]1(n2ccnc2)c2ccccc2CSc2sccc21. The molecule has 2 aromatic heterocycles. The van der Waals surface area contributed by atoms with Crippen LogP contribution in [0.4, 0.5) is 0 Å². The van der Waals surface area contributed by atoms with E-state index in [2.05, 4.69) is 57.4 Å². The Hall–Kier alpha value is -2.01. The van der Waals surface area contributed by atoms with Gasteiger partial charge in [-0.25, -0.2) is 4.98 Å². The number of fused-ring (bicyclic) bond motifs is 2. The fraction of sp³-hybridized carbons (Fsp3) is 0.0952. The molecule has 5 heteroatoms. The minimum atomic E-state index is -0.524. The number of nitrogens with zero attached hydrogens (tertiary/aromatic N) is 2. The molecule has 0 N–H and O–H groups in total. The molecule has 26 heavy (non-hydrogen) atoms. The third-order valence-corrected chi connectivity index (χ3v) is 7.56. The molecular weight excluding hydrogens is 380 g/mol. The van der Waals surface area contributed by atoms with E-state index in [1.807, 2.05) is 42.6 Å². The fourth-order valence-electron chi connectivity index (χ4n) is 3.88. The van der Waals surface area contributed by atoms with Crippen LogP contribution in [0.3, 0.4) is 0 Å². The molecule has 1 aliphatic rings. The number of benzene rings is 2. The molecule has 2 aromatic carbocycles. The molecule has 2 nitrogen and oxygen atoms in total. The van der Waals surface area contributed by atoms with Gasteiger partial charge in [0, 0.05) is 34.3 Å². The number of thiophene rings is 1. The monoisotopic (exact) mass is 394 g/mol. The highest BCUT2D eigenvalue weighted by Gasteiger charge is 2.44. The largest absolute Gasteiger partial charge is 0.319 e. The topological polar surface area (TPSA) is 17.8 Å². The van der Waals surface area contributed by atoms with E-state index in [0.29, 0.717) is 0 Å². The molecule has 5 rings (SSSR count). The second kappa shape index (κ2) is 6.31. The van der Waals surface area contributed by atoms with Crippen LogP contribution in [0.1, 0.15) is 22.3 Å². The lowest BCUT2D eigenvalue weighted by molar-refractivity contribution is 0.508. The van der Waals surface area contributed by atoms with Crippen molar-refractivity contribution in [3.05, 3.63) is 106 Å². The van der Waals surface area contributed by atoms with E-state index in [9.17, 15) is 0 Å². The number of hydrogen-bond acceptors (Lipinski definition) is 3. The molecule has 0 unspecified atom stereocenters. The van der Waals surface area contributed by atoms with Crippen molar-refractivity contribution >= 4 is 34.7 Å². The molecule has 0 radical (unpaired) electrons. The predicted octanol–water partition coefficient (Wildman–Crippen LogP) is 6.04.